The van der Waals surface area contributed by atoms with Crippen LogP contribution in [-0.2, 0) is 9.59 Å². The van der Waals surface area contributed by atoms with Gasteiger partial charge >= 0.3 is 0 Å². The molecule has 1 aromatic rings. The van der Waals surface area contributed by atoms with Gasteiger partial charge in [-0.05, 0) is 12.1 Å². The highest BCUT2D eigenvalue weighted by molar-refractivity contribution is 6.27. The quantitative estimate of drug-likeness (QED) is 0.559. The lowest BCUT2D eigenvalue weighted by atomic mass is 10.4. The number of imide groups is 1. The van der Waals surface area contributed by atoms with Crippen molar-refractivity contribution in [1.82, 2.24) is 10.2 Å². The molecule has 0 saturated heterocycles. The second-order valence-corrected chi connectivity index (χ2v) is 2.43. The van der Waals surface area contributed by atoms with Crippen LogP contribution in [0.2, 0.25) is 0 Å². The summed E-state index contributed by atoms with van der Waals surface area (Å²) in [5.74, 6) is -0.515. The molecular formula is C8H5N3O2. The molecule has 0 atom stereocenters. The zero-order valence-corrected chi connectivity index (χ0v) is 6.54. The first-order valence-corrected chi connectivity index (χ1v) is 3.63. The van der Waals surface area contributed by atoms with Gasteiger partial charge in [-0.2, -0.15) is 5.10 Å². The lowest BCUT2D eigenvalue weighted by Gasteiger charge is -2.10. The van der Waals surface area contributed by atoms with Gasteiger partial charge < -0.3 is 0 Å². The van der Waals surface area contributed by atoms with Gasteiger partial charge in [-0.1, -0.05) is 0 Å². The molecule has 5 heteroatoms. The first-order valence-electron chi connectivity index (χ1n) is 3.63. The van der Waals surface area contributed by atoms with Gasteiger partial charge in [0.15, 0.2) is 5.82 Å². The second-order valence-electron chi connectivity index (χ2n) is 2.43. The lowest BCUT2D eigenvalue weighted by molar-refractivity contribution is -0.120. The summed E-state index contributed by atoms with van der Waals surface area (Å²) >= 11 is 0. The Balaban J connectivity index is 2.38. The standard InChI is InChI=1S/C8H5N3O2/c12-7-3-4-8(13)11(7)6-2-1-5-9-10-6/h1-5H. The van der Waals surface area contributed by atoms with Gasteiger partial charge in [0.05, 0.1) is 0 Å². The highest BCUT2D eigenvalue weighted by Crippen LogP contribution is 2.13. The average molecular weight is 175 g/mol. The summed E-state index contributed by atoms with van der Waals surface area (Å²) in [5.41, 5.74) is 0. The minimum atomic E-state index is -0.384. The van der Waals surface area contributed by atoms with E-state index in [-0.39, 0.29) is 17.6 Å². The van der Waals surface area contributed by atoms with Gasteiger partial charge in [0.2, 0.25) is 0 Å². The third kappa shape index (κ3) is 1.20. The van der Waals surface area contributed by atoms with Crippen LogP contribution in [-0.4, -0.2) is 22.0 Å². The van der Waals surface area contributed by atoms with Crippen molar-refractivity contribution in [1.29, 1.82) is 0 Å². The molecule has 0 saturated carbocycles. The summed E-state index contributed by atoms with van der Waals surface area (Å²) < 4.78 is 0. The highest BCUT2D eigenvalue weighted by atomic mass is 16.2. The van der Waals surface area contributed by atoms with E-state index in [1.165, 1.54) is 18.3 Å². The molecule has 0 N–H and O–H groups in total. The normalized spacial score (nSPS) is 15.5. The van der Waals surface area contributed by atoms with E-state index in [1.807, 2.05) is 0 Å². The van der Waals surface area contributed by atoms with E-state index in [0.717, 1.165) is 4.90 Å². The zero-order chi connectivity index (χ0) is 9.26. The number of amides is 2. The third-order valence-electron chi connectivity index (χ3n) is 1.60. The van der Waals surface area contributed by atoms with E-state index in [1.54, 1.807) is 12.1 Å². The Morgan fingerprint density at radius 2 is 1.85 bits per heavy atom. The van der Waals surface area contributed by atoms with Crippen LogP contribution in [0.25, 0.3) is 0 Å². The summed E-state index contributed by atoms with van der Waals surface area (Å²) in [7, 11) is 0. The number of aromatic nitrogens is 2. The fourth-order valence-corrected chi connectivity index (χ4v) is 1.04. The van der Waals surface area contributed by atoms with E-state index < -0.39 is 0 Å². The Kier molecular flexibility index (Phi) is 1.63. The number of carbonyl (C=O) groups excluding carboxylic acids is 2. The SMILES string of the molecule is O=C1C=CC(=O)N1c1cccnn1. The van der Waals surface area contributed by atoms with Crippen molar-refractivity contribution in [3.05, 3.63) is 30.5 Å². The second kappa shape index (κ2) is 2.78. The summed E-state index contributed by atoms with van der Waals surface area (Å²) in [6.45, 7) is 0. The minimum absolute atomic E-state index is 0.252. The van der Waals surface area contributed by atoms with E-state index in [9.17, 15) is 9.59 Å². The summed E-state index contributed by atoms with van der Waals surface area (Å²) in [5, 5.41) is 7.23. The molecule has 0 aromatic carbocycles. The van der Waals surface area contributed by atoms with Gasteiger partial charge in [-0.25, -0.2) is 4.90 Å². The van der Waals surface area contributed by atoms with Crippen molar-refractivity contribution in [2.75, 3.05) is 4.90 Å². The van der Waals surface area contributed by atoms with Crippen LogP contribution in [0.15, 0.2) is 30.5 Å². The average Bonchev–Trinajstić information content (AvgIpc) is 2.48. The fourth-order valence-electron chi connectivity index (χ4n) is 1.04. The van der Waals surface area contributed by atoms with Crippen LogP contribution in [0.3, 0.4) is 0 Å². The largest absolute Gasteiger partial charge is 0.269 e. The number of carbonyl (C=O) groups is 2. The van der Waals surface area contributed by atoms with E-state index in [2.05, 4.69) is 10.2 Å². The first kappa shape index (κ1) is 7.60. The molecule has 2 heterocycles. The van der Waals surface area contributed by atoms with Crippen molar-refractivity contribution in [2.24, 2.45) is 0 Å². The predicted octanol–water partition coefficient (Wildman–Crippen LogP) is -0.0940. The van der Waals surface area contributed by atoms with Crippen LogP contribution >= 0.6 is 0 Å². The Morgan fingerprint density at radius 1 is 1.15 bits per heavy atom. The molecule has 1 aliphatic heterocycles. The Morgan fingerprint density at radius 3 is 2.38 bits per heavy atom. The molecule has 13 heavy (non-hydrogen) atoms. The molecule has 1 aromatic heterocycles. The van der Waals surface area contributed by atoms with Crippen LogP contribution in [0.4, 0.5) is 5.82 Å². The Bertz CT molecular complexity index is 368. The van der Waals surface area contributed by atoms with Gasteiger partial charge in [0.25, 0.3) is 11.8 Å². The van der Waals surface area contributed by atoms with Crippen LogP contribution in [0.1, 0.15) is 0 Å². The molecule has 0 aliphatic carbocycles. The first-order chi connectivity index (χ1) is 6.29. The maximum Gasteiger partial charge on any atom is 0.259 e. The van der Waals surface area contributed by atoms with Crippen molar-refractivity contribution >= 4 is 17.6 Å². The number of rotatable bonds is 1. The molecule has 1 aliphatic rings. The van der Waals surface area contributed by atoms with Gasteiger partial charge in [0.1, 0.15) is 0 Å². The smallest absolute Gasteiger partial charge is 0.259 e. The topological polar surface area (TPSA) is 63.2 Å². The number of hydrogen-bond acceptors (Lipinski definition) is 4. The molecule has 0 unspecified atom stereocenters. The molecule has 5 nitrogen and oxygen atoms in total. The van der Waals surface area contributed by atoms with Gasteiger partial charge in [0, 0.05) is 18.3 Å². The van der Waals surface area contributed by atoms with E-state index in [4.69, 9.17) is 0 Å². The molecule has 2 amide bonds. The highest BCUT2D eigenvalue weighted by Gasteiger charge is 2.25. The molecular weight excluding hydrogens is 170 g/mol. The fraction of sp³-hybridized carbons (Fsp3) is 0. The monoisotopic (exact) mass is 175 g/mol. The van der Waals surface area contributed by atoms with Crippen LogP contribution in [0, 0.1) is 0 Å². The van der Waals surface area contributed by atoms with E-state index >= 15 is 0 Å². The summed E-state index contributed by atoms with van der Waals surface area (Å²) in [4.78, 5) is 23.2. The zero-order valence-electron chi connectivity index (χ0n) is 6.54. The molecule has 0 spiro atoms. The summed E-state index contributed by atoms with van der Waals surface area (Å²) in [6.07, 6.45) is 3.88. The van der Waals surface area contributed by atoms with Crippen molar-refractivity contribution in [2.45, 2.75) is 0 Å². The number of anilines is 1. The lowest BCUT2D eigenvalue weighted by Crippen LogP contribution is -2.30. The van der Waals surface area contributed by atoms with E-state index in [0.29, 0.717) is 0 Å². The number of nitrogens with zero attached hydrogens (tertiary/aromatic N) is 3. The molecule has 0 fully saturated rings. The Labute approximate surface area is 73.7 Å². The molecule has 2 rings (SSSR count). The Hall–Kier alpha value is -2.04. The van der Waals surface area contributed by atoms with Gasteiger partial charge in [-0.3, -0.25) is 9.59 Å². The number of hydrogen-bond donors (Lipinski definition) is 0. The molecule has 0 bridgehead atoms. The molecule has 64 valence electrons. The predicted molar refractivity (Wildman–Crippen MR) is 43.7 cm³/mol. The minimum Gasteiger partial charge on any atom is -0.269 e. The van der Waals surface area contributed by atoms with Gasteiger partial charge in [-0.15, -0.1) is 5.10 Å². The van der Waals surface area contributed by atoms with Crippen molar-refractivity contribution < 1.29 is 9.59 Å². The maximum atomic E-state index is 11.1. The van der Waals surface area contributed by atoms with Crippen LogP contribution < -0.4 is 4.90 Å². The van der Waals surface area contributed by atoms with Crippen molar-refractivity contribution in [3.8, 4) is 0 Å². The van der Waals surface area contributed by atoms with Crippen molar-refractivity contribution in [3.63, 3.8) is 0 Å². The molecule has 0 radical (unpaired) electrons. The summed E-state index contributed by atoms with van der Waals surface area (Å²) in [6, 6.07) is 3.16. The maximum absolute atomic E-state index is 11.1. The van der Waals surface area contributed by atoms with Crippen LogP contribution in [0.5, 0.6) is 0 Å². The third-order valence-corrected chi connectivity index (χ3v) is 1.60.